The zero-order valence-corrected chi connectivity index (χ0v) is 24.2. The Morgan fingerprint density at radius 3 is 2.15 bits per heavy atom. The highest BCUT2D eigenvalue weighted by atomic mass is 32.2. The third-order valence-electron chi connectivity index (χ3n) is 6.08. The van der Waals surface area contributed by atoms with Crippen LogP contribution in [0.2, 0.25) is 0 Å². The molecule has 3 aromatic carbocycles. The summed E-state index contributed by atoms with van der Waals surface area (Å²) in [6.45, 7) is 8.70. The smallest absolute Gasteiger partial charge is 0.264 e. The van der Waals surface area contributed by atoms with Crippen LogP contribution in [0, 0.1) is 6.92 Å². The van der Waals surface area contributed by atoms with E-state index in [0.29, 0.717) is 11.4 Å². The van der Waals surface area contributed by atoms with Crippen molar-refractivity contribution < 1.29 is 22.7 Å². The molecule has 0 aromatic heterocycles. The maximum Gasteiger partial charge on any atom is 0.264 e. The predicted molar refractivity (Wildman–Crippen MR) is 153 cm³/mol. The van der Waals surface area contributed by atoms with Crippen LogP contribution in [0.25, 0.3) is 0 Å². The number of amides is 2. The van der Waals surface area contributed by atoms with Crippen molar-refractivity contribution in [1.82, 2.24) is 10.2 Å². The average Bonchev–Trinajstić information content (AvgIpc) is 2.89. The van der Waals surface area contributed by atoms with E-state index < -0.39 is 34.1 Å². The van der Waals surface area contributed by atoms with Crippen LogP contribution in [0.5, 0.6) is 5.75 Å². The van der Waals surface area contributed by atoms with Gasteiger partial charge in [0.15, 0.2) is 0 Å². The molecule has 39 heavy (non-hydrogen) atoms. The molecule has 8 nitrogen and oxygen atoms in total. The van der Waals surface area contributed by atoms with Gasteiger partial charge in [-0.05, 0) is 82.1 Å². The van der Waals surface area contributed by atoms with Gasteiger partial charge in [0.1, 0.15) is 18.3 Å². The number of nitrogens with zero attached hydrogens (tertiary/aromatic N) is 2. The Morgan fingerprint density at radius 1 is 0.949 bits per heavy atom. The lowest BCUT2D eigenvalue weighted by Crippen LogP contribution is -2.54. The van der Waals surface area contributed by atoms with Crippen LogP contribution in [-0.2, 0) is 26.2 Å². The van der Waals surface area contributed by atoms with E-state index in [9.17, 15) is 18.0 Å². The molecule has 9 heteroatoms. The fourth-order valence-electron chi connectivity index (χ4n) is 4.02. The number of hydrogen-bond acceptors (Lipinski definition) is 5. The second-order valence-electron chi connectivity index (χ2n) is 10.4. The van der Waals surface area contributed by atoms with Crippen molar-refractivity contribution in [3.8, 4) is 5.75 Å². The van der Waals surface area contributed by atoms with Gasteiger partial charge >= 0.3 is 0 Å². The minimum absolute atomic E-state index is 0.0690. The number of benzene rings is 3. The summed E-state index contributed by atoms with van der Waals surface area (Å²) in [5, 5.41) is 2.92. The Labute approximate surface area is 231 Å². The van der Waals surface area contributed by atoms with Crippen LogP contribution in [0.3, 0.4) is 0 Å². The van der Waals surface area contributed by atoms with Gasteiger partial charge in [-0.25, -0.2) is 8.42 Å². The minimum Gasteiger partial charge on any atom is -0.497 e. The third-order valence-corrected chi connectivity index (χ3v) is 7.87. The van der Waals surface area contributed by atoms with E-state index in [-0.39, 0.29) is 17.3 Å². The fourth-order valence-corrected chi connectivity index (χ4v) is 5.44. The largest absolute Gasteiger partial charge is 0.497 e. The van der Waals surface area contributed by atoms with Gasteiger partial charge < -0.3 is 15.0 Å². The van der Waals surface area contributed by atoms with Gasteiger partial charge in [0.2, 0.25) is 11.8 Å². The first-order valence-electron chi connectivity index (χ1n) is 12.7. The summed E-state index contributed by atoms with van der Waals surface area (Å²) in [7, 11) is -2.52. The van der Waals surface area contributed by atoms with Gasteiger partial charge in [-0.3, -0.25) is 13.9 Å². The SMILES string of the molecule is COc1ccc(CN(C(=O)CN(c2cccc(C)c2)S(=O)(=O)c2ccccc2)[C@H](C)C(=O)NC(C)(C)C)cc1. The molecule has 3 aromatic rings. The van der Waals surface area contributed by atoms with Gasteiger partial charge in [0.05, 0.1) is 17.7 Å². The van der Waals surface area contributed by atoms with Crippen LogP contribution >= 0.6 is 0 Å². The standard InChI is InChI=1S/C30H37N3O5S/c1-22-11-10-12-25(19-22)33(39(36,37)27-13-8-7-9-14-27)21-28(34)32(23(2)29(35)31-30(3,4)5)20-24-15-17-26(38-6)18-16-24/h7-19,23H,20-21H2,1-6H3,(H,31,35)/t23-/m1/s1. The van der Waals surface area contributed by atoms with Crippen molar-refractivity contribution in [2.75, 3.05) is 18.0 Å². The first-order chi connectivity index (χ1) is 18.3. The molecule has 1 N–H and O–H groups in total. The van der Waals surface area contributed by atoms with Crippen molar-refractivity contribution in [2.24, 2.45) is 0 Å². The Balaban J connectivity index is 2.02. The van der Waals surface area contributed by atoms with Gasteiger partial charge in [0.25, 0.3) is 10.0 Å². The molecule has 0 bridgehead atoms. The first kappa shape index (κ1) is 29.7. The predicted octanol–water partition coefficient (Wildman–Crippen LogP) is 4.53. The summed E-state index contributed by atoms with van der Waals surface area (Å²) in [6.07, 6.45) is 0. The van der Waals surface area contributed by atoms with Crippen LogP contribution < -0.4 is 14.4 Å². The normalized spacial score (nSPS) is 12.4. The maximum atomic E-state index is 13.9. The molecule has 1 atom stereocenters. The molecule has 0 saturated carbocycles. The van der Waals surface area contributed by atoms with E-state index in [4.69, 9.17) is 4.74 Å². The highest BCUT2D eigenvalue weighted by Crippen LogP contribution is 2.25. The Hall–Kier alpha value is -3.85. The van der Waals surface area contributed by atoms with E-state index in [2.05, 4.69) is 5.32 Å². The molecular weight excluding hydrogens is 514 g/mol. The van der Waals surface area contributed by atoms with Crippen molar-refractivity contribution >= 4 is 27.5 Å². The van der Waals surface area contributed by atoms with Gasteiger partial charge in [-0.15, -0.1) is 0 Å². The second-order valence-corrected chi connectivity index (χ2v) is 12.3. The fraction of sp³-hybridized carbons (Fsp3) is 0.333. The van der Waals surface area contributed by atoms with E-state index >= 15 is 0 Å². The summed E-state index contributed by atoms with van der Waals surface area (Å²) < 4.78 is 33.9. The average molecular weight is 552 g/mol. The first-order valence-corrected chi connectivity index (χ1v) is 14.1. The van der Waals surface area contributed by atoms with Crippen LogP contribution in [0.1, 0.15) is 38.8 Å². The monoisotopic (exact) mass is 551 g/mol. The molecular formula is C30H37N3O5S. The van der Waals surface area contributed by atoms with E-state index in [1.54, 1.807) is 62.6 Å². The molecule has 0 saturated heterocycles. The van der Waals surface area contributed by atoms with Crippen molar-refractivity contribution in [3.05, 3.63) is 90.0 Å². The molecule has 208 valence electrons. The number of anilines is 1. The highest BCUT2D eigenvalue weighted by Gasteiger charge is 2.33. The molecule has 3 rings (SSSR count). The number of carbonyl (C=O) groups excluding carboxylic acids is 2. The van der Waals surface area contributed by atoms with Crippen molar-refractivity contribution in [3.63, 3.8) is 0 Å². The number of rotatable bonds is 10. The lowest BCUT2D eigenvalue weighted by molar-refractivity contribution is -0.140. The number of aryl methyl sites for hydroxylation is 1. The van der Waals surface area contributed by atoms with E-state index in [0.717, 1.165) is 15.4 Å². The maximum absolute atomic E-state index is 13.9. The number of carbonyl (C=O) groups is 2. The van der Waals surface area contributed by atoms with Gasteiger partial charge in [0, 0.05) is 12.1 Å². The molecule has 2 amide bonds. The van der Waals surface area contributed by atoms with Crippen molar-refractivity contribution in [2.45, 2.75) is 57.6 Å². The lowest BCUT2D eigenvalue weighted by Gasteiger charge is -2.33. The lowest BCUT2D eigenvalue weighted by atomic mass is 10.1. The van der Waals surface area contributed by atoms with E-state index in [1.165, 1.54) is 17.0 Å². The zero-order valence-electron chi connectivity index (χ0n) is 23.3. The van der Waals surface area contributed by atoms with Crippen LogP contribution in [-0.4, -0.2) is 50.4 Å². The molecule has 0 spiro atoms. The molecule has 0 radical (unpaired) electrons. The van der Waals surface area contributed by atoms with Crippen LogP contribution in [0.4, 0.5) is 5.69 Å². The summed E-state index contributed by atoms with van der Waals surface area (Å²) >= 11 is 0. The number of methoxy groups -OCH3 is 1. The third kappa shape index (κ3) is 7.83. The molecule has 0 fully saturated rings. The number of sulfonamides is 1. The summed E-state index contributed by atoms with van der Waals surface area (Å²) in [5.74, 6) is -0.185. The summed E-state index contributed by atoms with van der Waals surface area (Å²) in [4.78, 5) is 28.6. The number of hydrogen-bond donors (Lipinski definition) is 1. The molecule has 0 aliphatic rings. The molecule has 0 heterocycles. The van der Waals surface area contributed by atoms with Crippen molar-refractivity contribution in [1.29, 1.82) is 0 Å². The quantitative estimate of drug-likeness (QED) is 0.399. The summed E-state index contributed by atoms with van der Waals surface area (Å²) in [5.41, 5.74) is 1.47. The number of ether oxygens (including phenoxy) is 1. The zero-order chi connectivity index (χ0) is 28.8. The molecule has 0 unspecified atom stereocenters. The van der Waals surface area contributed by atoms with E-state index in [1.807, 2.05) is 45.9 Å². The molecule has 0 aliphatic carbocycles. The van der Waals surface area contributed by atoms with Gasteiger partial charge in [-0.1, -0.05) is 42.5 Å². The Morgan fingerprint density at radius 2 is 1.59 bits per heavy atom. The minimum atomic E-state index is -4.09. The molecule has 0 aliphatic heterocycles. The Bertz CT molecular complexity index is 1380. The summed E-state index contributed by atoms with van der Waals surface area (Å²) in [6, 6.07) is 21.3. The van der Waals surface area contributed by atoms with Gasteiger partial charge in [-0.2, -0.15) is 0 Å². The number of nitrogens with one attached hydrogen (secondary N) is 1. The second kappa shape index (κ2) is 12.3. The Kier molecular flexibility index (Phi) is 9.40. The topological polar surface area (TPSA) is 96.0 Å². The van der Waals surface area contributed by atoms with Crippen LogP contribution in [0.15, 0.2) is 83.8 Å². The highest BCUT2D eigenvalue weighted by molar-refractivity contribution is 7.92.